The van der Waals surface area contributed by atoms with Crippen LogP contribution in [0, 0.1) is 0 Å². The van der Waals surface area contributed by atoms with Gasteiger partial charge in [0, 0.05) is 5.92 Å². The van der Waals surface area contributed by atoms with Gasteiger partial charge in [0.2, 0.25) is 0 Å². The van der Waals surface area contributed by atoms with Crippen molar-refractivity contribution in [3.63, 3.8) is 0 Å². The molecule has 2 heterocycles. The lowest BCUT2D eigenvalue weighted by molar-refractivity contribution is 0.459. The van der Waals surface area contributed by atoms with E-state index in [-0.39, 0.29) is 0 Å². The maximum absolute atomic E-state index is 5.63. The number of aromatic nitrogens is 1. The van der Waals surface area contributed by atoms with Crippen LogP contribution < -0.4 is 11.1 Å². The monoisotopic (exact) mass is 183 g/mol. The molecule has 1 aromatic rings. The molecule has 1 aliphatic rings. The molecule has 0 amide bonds. The van der Waals surface area contributed by atoms with Crippen LogP contribution in [0.5, 0.6) is 0 Å². The van der Waals surface area contributed by atoms with Gasteiger partial charge in [0.1, 0.15) is 5.00 Å². The Balaban J connectivity index is 2.08. The van der Waals surface area contributed by atoms with E-state index in [1.165, 1.54) is 17.8 Å². The van der Waals surface area contributed by atoms with E-state index in [0.717, 1.165) is 18.1 Å². The van der Waals surface area contributed by atoms with E-state index in [1.54, 1.807) is 17.5 Å². The average Bonchev–Trinajstić information content (AvgIpc) is 2.54. The van der Waals surface area contributed by atoms with Crippen molar-refractivity contribution in [1.82, 2.24) is 10.3 Å². The standard InChI is InChI=1S/C8H13N3S/c9-7-5-11-8(12-7)6-1-3-10-4-2-6/h5-6,10H,1-4,9H2. The highest BCUT2D eigenvalue weighted by Crippen LogP contribution is 2.29. The van der Waals surface area contributed by atoms with Gasteiger partial charge in [0.05, 0.1) is 11.2 Å². The predicted molar refractivity (Wildman–Crippen MR) is 51.4 cm³/mol. The van der Waals surface area contributed by atoms with E-state index >= 15 is 0 Å². The highest BCUT2D eigenvalue weighted by molar-refractivity contribution is 7.15. The van der Waals surface area contributed by atoms with Crippen LogP contribution in [-0.4, -0.2) is 18.1 Å². The average molecular weight is 183 g/mol. The Kier molecular flexibility index (Phi) is 2.28. The van der Waals surface area contributed by atoms with E-state index < -0.39 is 0 Å². The molecule has 0 spiro atoms. The molecule has 4 heteroatoms. The number of anilines is 1. The topological polar surface area (TPSA) is 50.9 Å². The summed E-state index contributed by atoms with van der Waals surface area (Å²) in [6, 6.07) is 0. The molecule has 1 aliphatic heterocycles. The van der Waals surface area contributed by atoms with Crippen molar-refractivity contribution in [2.24, 2.45) is 0 Å². The number of nitrogens with zero attached hydrogens (tertiary/aromatic N) is 1. The van der Waals surface area contributed by atoms with E-state index in [2.05, 4.69) is 10.3 Å². The van der Waals surface area contributed by atoms with Crippen LogP contribution in [0.1, 0.15) is 23.8 Å². The molecule has 1 aromatic heterocycles. The Morgan fingerprint density at radius 2 is 2.25 bits per heavy atom. The number of thiazole rings is 1. The molecular formula is C8H13N3S. The fourth-order valence-electron chi connectivity index (χ4n) is 1.56. The molecule has 0 saturated carbocycles. The number of nitrogen functional groups attached to an aromatic ring is 1. The summed E-state index contributed by atoms with van der Waals surface area (Å²) in [6.07, 6.45) is 4.17. The number of nitrogens with one attached hydrogen (secondary N) is 1. The summed E-state index contributed by atoms with van der Waals surface area (Å²) in [6.45, 7) is 2.23. The molecule has 12 heavy (non-hydrogen) atoms. The maximum Gasteiger partial charge on any atom is 0.106 e. The quantitative estimate of drug-likeness (QED) is 0.687. The van der Waals surface area contributed by atoms with Crippen molar-refractivity contribution >= 4 is 16.3 Å². The van der Waals surface area contributed by atoms with Crippen molar-refractivity contribution in [2.45, 2.75) is 18.8 Å². The van der Waals surface area contributed by atoms with Gasteiger partial charge >= 0.3 is 0 Å². The summed E-state index contributed by atoms with van der Waals surface area (Å²) in [4.78, 5) is 4.31. The van der Waals surface area contributed by atoms with Crippen LogP contribution in [0.3, 0.4) is 0 Å². The summed E-state index contributed by atoms with van der Waals surface area (Å²) >= 11 is 1.63. The molecule has 1 fully saturated rings. The van der Waals surface area contributed by atoms with Crippen molar-refractivity contribution in [3.05, 3.63) is 11.2 Å². The van der Waals surface area contributed by atoms with Gasteiger partial charge in [0.15, 0.2) is 0 Å². The van der Waals surface area contributed by atoms with Crippen LogP contribution in [-0.2, 0) is 0 Å². The first kappa shape index (κ1) is 8.01. The summed E-state index contributed by atoms with van der Waals surface area (Å²) in [5.41, 5.74) is 5.63. The van der Waals surface area contributed by atoms with E-state index in [4.69, 9.17) is 5.73 Å². The van der Waals surface area contributed by atoms with E-state index in [1.807, 2.05) is 0 Å². The Bertz CT molecular complexity index is 253. The predicted octanol–water partition coefficient (Wildman–Crippen LogP) is 1.19. The van der Waals surface area contributed by atoms with Crippen LogP contribution in [0.2, 0.25) is 0 Å². The van der Waals surface area contributed by atoms with Gasteiger partial charge in [-0.25, -0.2) is 4.98 Å². The Hall–Kier alpha value is -0.610. The van der Waals surface area contributed by atoms with Crippen LogP contribution in [0.25, 0.3) is 0 Å². The van der Waals surface area contributed by atoms with Gasteiger partial charge in [-0.2, -0.15) is 0 Å². The second-order valence-electron chi connectivity index (χ2n) is 3.13. The van der Waals surface area contributed by atoms with Crippen LogP contribution >= 0.6 is 11.3 Å². The highest BCUT2D eigenvalue weighted by atomic mass is 32.1. The summed E-state index contributed by atoms with van der Waals surface area (Å²) < 4.78 is 0. The molecule has 1 saturated heterocycles. The molecule has 66 valence electrons. The zero-order valence-corrected chi connectivity index (χ0v) is 7.73. The molecule has 3 nitrogen and oxygen atoms in total. The highest BCUT2D eigenvalue weighted by Gasteiger charge is 2.17. The third-order valence-corrected chi connectivity index (χ3v) is 3.22. The second-order valence-corrected chi connectivity index (χ2v) is 4.22. The van der Waals surface area contributed by atoms with Crippen LogP contribution in [0.15, 0.2) is 6.20 Å². The molecule has 2 rings (SSSR count). The van der Waals surface area contributed by atoms with Crippen LogP contribution in [0.4, 0.5) is 5.00 Å². The minimum absolute atomic E-state index is 0.647. The first-order valence-electron chi connectivity index (χ1n) is 4.28. The van der Waals surface area contributed by atoms with Gasteiger partial charge in [-0.3, -0.25) is 0 Å². The Morgan fingerprint density at radius 3 is 2.83 bits per heavy atom. The first-order chi connectivity index (χ1) is 5.86. The lowest BCUT2D eigenvalue weighted by Crippen LogP contribution is -2.26. The number of rotatable bonds is 1. The lowest BCUT2D eigenvalue weighted by Gasteiger charge is -2.20. The first-order valence-corrected chi connectivity index (χ1v) is 5.10. The van der Waals surface area contributed by atoms with Gasteiger partial charge < -0.3 is 11.1 Å². The number of piperidine rings is 1. The molecule has 0 aliphatic carbocycles. The fourth-order valence-corrected chi connectivity index (χ4v) is 2.41. The molecule has 0 radical (unpaired) electrons. The summed E-state index contributed by atoms with van der Waals surface area (Å²) in [5.74, 6) is 0.647. The Labute approximate surface area is 76.0 Å². The van der Waals surface area contributed by atoms with Crippen molar-refractivity contribution in [1.29, 1.82) is 0 Å². The minimum atomic E-state index is 0.647. The summed E-state index contributed by atoms with van der Waals surface area (Å²) in [7, 11) is 0. The summed E-state index contributed by atoms with van der Waals surface area (Å²) in [5, 5.41) is 5.39. The van der Waals surface area contributed by atoms with E-state index in [0.29, 0.717) is 5.92 Å². The molecule has 0 bridgehead atoms. The zero-order chi connectivity index (χ0) is 8.39. The third kappa shape index (κ3) is 1.59. The number of hydrogen-bond acceptors (Lipinski definition) is 4. The molecule has 0 aromatic carbocycles. The van der Waals surface area contributed by atoms with Gasteiger partial charge in [-0.15, -0.1) is 11.3 Å². The normalized spacial score (nSPS) is 19.7. The van der Waals surface area contributed by atoms with Gasteiger partial charge in [0.25, 0.3) is 0 Å². The number of hydrogen-bond donors (Lipinski definition) is 2. The molecular weight excluding hydrogens is 170 g/mol. The van der Waals surface area contributed by atoms with Crippen molar-refractivity contribution < 1.29 is 0 Å². The van der Waals surface area contributed by atoms with Crippen molar-refractivity contribution in [2.75, 3.05) is 18.8 Å². The van der Waals surface area contributed by atoms with Gasteiger partial charge in [-0.1, -0.05) is 0 Å². The maximum atomic E-state index is 5.63. The van der Waals surface area contributed by atoms with E-state index in [9.17, 15) is 0 Å². The SMILES string of the molecule is Nc1cnc(C2CCNCC2)s1. The smallest absolute Gasteiger partial charge is 0.106 e. The van der Waals surface area contributed by atoms with Gasteiger partial charge in [-0.05, 0) is 25.9 Å². The zero-order valence-electron chi connectivity index (χ0n) is 6.92. The third-order valence-electron chi connectivity index (χ3n) is 2.23. The number of nitrogens with two attached hydrogens (primary N) is 1. The molecule has 3 N–H and O–H groups in total. The second kappa shape index (κ2) is 3.41. The molecule has 0 atom stereocenters. The lowest BCUT2D eigenvalue weighted by atomic mass is 9.99. The minimum Gasteiger partial charge on any atom is -0.389 e. The fraction of sp³-hybridized carbons (Fsp3) is 0.625. The Morgan fingerprint density at radius 1 is 1.50 bits per heavy atom. The van der Waals surface area contributed by atoms with Crippen molar-refractivity contribution in [3.8, 4) is 0 Å². The largest absolute Gasteiger partial charge is 0.389 e. The molecule has 0 unspecified atom stereocenters.